The third kappa shape index (κ3) is 5.53. The normalized spacial score (nSPS) is 26.4. The molecule has 1 aromatic rings. The lowest BCUT2D eigenvalue weighted by molar-refractivity contribution is 0.298. The van der Waals surface area contributed by atoms with Crippen LogP contribution in [0.3, 0.4) is 0 Å². The first-order valence-corrected chi connectivity index (χ1v) is 10.2. The molecular weight excluding hydrogens is 330 g/mol. The molecule has 0 unspecified atom stereocenters. The Morgan fingerprint density at radius 3 is 2.76 bits per heavy atom. The highest BCUT2D eigenvalue weighted by molar-refractivity contribution is 7.80. The second-order valence-electron chi connectivity index (χ2n) is 7.52. The van der Waals surface area contributed by atoms with Crippen molar-refractivity contribution in [1.29, 1.82) is 0 Å². The van der Waals surface area contributed by atoms with Crippen LogP contribution >= 0.6 is 12.2 Å². The van der Waals surface area contributed by atoms with Crippen LogP contribution in [0.2, 0.25) is 0 Å². The third-order valence-corrected chi connectivity index (χ3v) is 5.91. The smallest absolute Gasteiger partial charge is 0.166 e. The molecule has 25 heavy (non-hydrogen) atoms. The lowest BCUT2D eigenvalue weighted by Gasteiger charge is -2.33. The van der Waals surface area contributed by atoms with Crippen LogP contribution in [0.1, 0.15) is 70.5 Å². The number of nitrogens with one attached hydrogen (secondary N) is 3. The van der Waals surface area contributed by atoms with Gasteiger partial charge in [-0.25, -0.2) is 4.98 Å². The predicted molar refractivity (Wildman–Crippen MR) is 107 cm³/mol. The highest BCUT2D eigenvalue weighted by Crippen LogP contribution is 2.26. The first kappa shape index (κ1) is 18.4. The molecule has 0 aliphatic heterocycles. The van der Waals surface area contributed by atoms with Crippen LogP contribution in [-0.4, -0.2) is 39.4 Å². The molecule has 2 aliphatic rings. The molecule has 0 saturated heterocycles. The van der Waals surface area contributed by atoms with E-state index in [-0.39, 0.29) is 6.04 Å². The molecule has 1 heterocycles. The predicted octanol–water partition coefficient (Wildman–Crippen LogP) is 3.57. The number of hydrogen-bond acceptors (Lipinski definition) is 3. The van der Waals surface area contributed by atoms with Crippen molar-refractivity contribution in [3.63, 3.8) is 0 Å². The zero-order chi connectivity index (χ0) is 17.5. The molecule has 5 nitrogen and oxygen atoms in total. The van der Waals surface area contributed by atoms with Gasteiger partial charge in [-0.2, -0.15) is 0 Å². The van der Waals surface area contributed by atoms with E-state index in [1.54, 1.807) is 6.20 Å². The van der Waals surface area contributed by atoms with Crippen molar-refractivity contribution < 1.29 is 0 Å². The summed E-state index contributed by atoms with van der Waals surface area (Å²) in [6, 6.07) is 1.04. The van der Waals surface area contributed by atoms with Crippen LogP contribution < -0.4 is 10.6 Å². The number of aromatic nitrogens is 2. The molecule has 0 radical (unpaired) electrons. The van der Waals surface area contributed by atoms with Gasteiger partial charge in [-0.15, -0.1) is 0 Å². The van der Waals surface area contributed by atoms with E-state index in [9.17, 15) is 0 Å². The summed E-state index contributed by atoms with van der Waals surface area (Å²) in [7, 11) is 0. The minimum absolute atomic E-state index is 0.267. The average molecular weight is 362 g/mol. The van der Waals surface area contributed by atoms with E-state index >= 15 is 0 Å². The van der Waals surface area contributed by atoms with Crippen LogP contribution in [-0.2, 0) is 0 Å². The minimum atomic E-state index is 0.267. The standard InChI is InChI=1S/C19H31N5S/c1-14(15-7-3-2-4-8-15)23-19(25)24-17-10-6-5-9-16(17)22-13-18-20-11-12-21-18/h11-17H,2-10H2,1H3,(H,20,21)(H2,23,24,25)/t14-,16-,17-/m0/s1. The largest absolute Gasteiger partial charge is 0.360 e. The van der Waals surface area contributed by atoms with Gasteiger partial charge in [-0.05, 0) is 50.7 Å². The first-order valence-electron chi connectivity index (χ1n) is 9.82. The van der Waals surface area contributed by atoms with Gasteiger partial charge in [-0.3, -0.25) is 4.99 Å². The van der Waals surface area contributed by atoms with Gasteiger partial charge in [-0.1, -0.05) is 32.1 Å². The maximum atomic E-state index is 5.60. The minimum Gasteiger partial charge on any atom is -0.360 e. The maximum absolute atomic E-state index is 5.60. The van der Waals surface area contributed by atoms with Gasteiger partial charge in [0, 0.05) is 18.4 Å². The van der Waals surface area contributed by atoms with E-state index in [0.29, 0.717) is 12.1 Å². The van der Waals surface area contributed by atoms with Gasteiger partial charge in [0.05, 0.1) is 18.3 Å². The summed E-state index contributed by atoms with van der Waals surface area (Å²) >= 11 is 5.60. The summed E-state index contributed by atoms with van der Waals surface area (Å²) in [5, 5.41) is 7.88. The first-order chi connectivity index (χ1) is 12.2. The van der Waals surface area contributed by atoms with Crippen molar-refractivity contribution in [3.8, 4) is 0 Å². The summed E-state index contributed by atoms with van der Waals surface area (Å²) in [6.45, 7) is 2.28. The quantitative estimate of drug-likeness (QED) is 0.554. The summed E-state index contributed by atoms with van der Waals surface area (Å²) in [5.74, 6) is 1.57. The van der Waals surface area contributed by atoms with Gasteiger partial charge in [0.2, 0.25) is 0 Å². The molecule has 0 amide bonds. The number of H-pyrrole nitrogens is 1. The zero-order valence-electron chi connectivity index (χ0n) is 15.2. The summed E-state index contributed by atoms with van der Waals surface area (Å²) in [4.78, 5) is 12.1. The third-order valence-electron chi connectivity index (χ3n) is 5.67. The Kier molecular flexibility index (Phi) is 6.84. The average Bonchev–Trinajstić information content (AvgIpc) is 3.15. The number of thiocarbonyl (C=S) groups is 1. The van der Waals surface area contributed by atoms with Crippen LogP contribution in [0.4, 0.5) is 0 Å². The number of aliphatic imine (C=N–C) groups is 1. The number of nitrogens with zero attached hydrogens (tertiary/aromatic N) is 2. The summed E-state index contributed by atoms with van der Waals surface area (Å²) < 4.78 is 0. The molecule has 2 aliphatic carbocycles. The fraction of sp³-hybridized carbons (Fsp3) is 0.737. The number of rotatable bonds is 5. The van der Waals surface area contributed by atoms with Crippen molar-refractivity contribution in [3.05, 3.63) is 18.2 Å². The van der Waals surface area contributed by atoms with Crippen molar-refractivity contribution in [2.75, 3.05) is 0 Å². The topological polar surface area (TPSA) is 65.1 Å². The zero-order valence-corrected chi connectivity index (χ0v) is 16.0. The van der Waals surface area contributed by atoms with Crippen molar-refractivity contribution in [2.45, 2.75) is 82.8 Å². The Bertz CT molecular complexity index is 550. The molecule has 3 N–H and O–H groups in total. The Morgan fingerprint density at radius 1 is 1.24 bits per heavy atom. The number of hydrogen-bond donors (Lipinski definition) is 3. The summed E-state index contributed by atoms with van der Waals surface area (Å²) in [5.41, 5.74) is 0. The lowest BCUT2D eigenvalue weighted by Crippen LogP contribution is -2.51. The van der Waals surface area contributed by atoms with Gasteiger partial charge < -0.3 is 15.6 Å². The van der Waals surface area contributed by atoms with Gasteiger partial charge in [0.1, 0.15) is 5.82 Å². The van der Waals surface area contributed by atoms with Crippen LogP contribution in [0.15, 0.2) is 17.4 Å². The summed E-state index contributed by atoms with van der Waals surface area (Å²) in [6.07, 6.45) is 16.9. The van der Waals surface area contributed by atoms with Crippen LogP contribution in [0.25, 0.3) is 0 Å². The molecule has 2 saturated carbocycles. The molecule has 3 rings (SSSR count). The van der Waals surface area contributed by atoms with Crippen molar-refractivity contribution in [1.82, 2.24) is 20.6 Å². The number of aromatic amines is 1. The van der Waals surface area contributed by atoms with Gasteiger partial charge in [0.15, 0.2) is 5.11 Å². The molecule has 0 aromatic carbocycles. The highest BCUT2D eigenvalue weighted by Gasteiger charge is 2.26. The van der Waals surface area contributed by atoms with Crippen LogP contribution in [0.5, 0.6) is 0 Å². The maximum Gasteiger partial charge on any atom is 0.166 e. The van der Waals surface area contributed by atoms with E-state index in [4.69, 9.17) is 17.2 Å². The highest BCUT2D eigenvalue weighted by atomic mass is 32.1. The molecule has 138 valence electrons. The fourth-order valence-electron chi connectivity index (χ4n) is 4.14. The van der Waals surface area contributed by atoms with Crippen molar-refractivity contribution in [2.24, 2.45) is 10.9 Å². The Labute approximate surface area is 156 Å². The monoisotopic (exact) mass is 361 g/mol. The van der Waals surface area contributed by atoms with Gasteiger partial charge >= 0.3 is 0 Å². The van der Waals surface area contributed by atoms with E-state index < -0.39 is 0 Å². The Hall–Kier alpha value is -1.43. The Morgan fingerprint density at radius 2 is 2.00 bits per heavy atom. The second-order valence-corrected chi connectivity index (χ2v) is 7.92. The molecule has 6 heteroatoms. The molecular formula is C19H31N5S. The Balaban J connectivity index is 1.50. The second kappa shape index (κ2) is 9.32. The lowest BCUT2D eigenvalue weighted by atomic mass is 9.84. The van der Waals surface area contributed by atoms with E-state index in [2.05, 4.69) is 27.5 Å². The van der Waals surface area contributed by atoms with E-state index in [0.717, 1.165) is 29.7 Å². The van der Waals surface area contributed by atoms with E-state index in [1.165, 1.54) is 44.9 Å². The molecule has 0 spiro atoms. The fourth-order valence-corrected chi connectivity index (χ4v) is 4.48. The molecule has 2 fully saturated rings. The van der Waals surface area contributed by atoms with Crippen molar-refractivity contribution >= 4 is 23.5 Å². The van der Waals surface area contributed by atoms with E-state index in [1.807, 2.05) is 12.4 Å². The molecule has 3 atom stereocenters. The SMILES string of the molecule is C[C@H](NC(=S)N[C@H]1CCCC[C@@H]1N=Cc1ncc[nH]1)C1CCCCC1. The molecule has 0 bridgehead atoms. The number of imidazole rings is 1. The van der Waals surface area contributed by atoms with Crippen LogP contribution in [0, 0.1) is 5.92 Å². The molecule has 1 aromatic heterocycles. The van der Waals surface area contributed by atoms with Gasteiger partial charge in [0.25, 0.3) is 0 Å².